The highest BCUT2D eigenvalue weighted by molar-refractivity contribution is 6.35. The smallest absolute Gasteiger partial charge is 0.317 e. The fraction of sp³-hybridized carbons (Fsp3) is 0.235. The molecule has 0 unspecified atom stereocenters. The van der Waals surface area contributed by atoms with E-state index in [4.69, 9.17) is 27.9 Å². The second-order valence-corrected chi connectivity index (χ2v) is 6.10. The maximum Gasteiger partial charge on any atom is 0.317 e. The lowest BCUT2D eigenvalue weighted by atomic mass is 10.2. The van der Waals surface area contributed by atoms with Crippen LogP contribution in [0.4, 0.5) is 4.79 Å². The Hall–Kier alpha value is -2.11. The van der Waals surface area contributed by atoms with Crippen LogP contribution in [-0.4, -0.2) is 30.2 Å². The summed E-state index contributed by atoms with van der Waals surface area (Å²) < 4.78 is 4.99. The third-order valence-corrected chi connectivity index (χ3v) is 4.04. The van der Waals surface area contributed by atoms with Gasteiger partial charge >= 0.3 is 6.03 Å². The molecular weight excluding hydrogens is 351 g/mol. The SMILES string of the molecule is COc1ccc(CN(C)C(=O)NCc2ccc(Cl)cc2Cl)cc1O. The van der Waals surface area contributed by atoms with Gasteiger partial charge in [0.15, 0.2) is 11.5 Å². The molecule has 2 aromatic carbocycles. The number of methoxy groups -OCH3 is 1. The van der Waals surface area contributed by atoms with Crippen LogP contribution in [0.1, 0.15) is 11.1 Å². The zero-order valence-corrected chi connectivity index (χ0v) is 14.9. The summed E-state index contributed by atoms with van der Waals surface area (Å²) in [6.45, 7) is 0.644. The number of hydrogen-bond acceptors (Lipinski definition) is 3. The van der Waals surface area contributed by atoms with Crippen LogP contribution in [0, 0.1) is 0 Å². The molecule has 0 aromatic heterocycles. The summed E-state index contributed by atoms with van der Waals surface area (Å²) in [4.78, 5) is 13.7. The van der Waals surface area contributed by atoms with E-state index in [0.29, 0.717) is 28.9 Å². The Morgan fingerprint density at radius 3 is 2.62 bits per heavy atom. The number of carbonyl (C=O) groups excluding carboxylic acids is 1. The topological polar surface area (TPSA) is 61.8 Å². The lowest BCUT2D eigenvalue weighted by Gasteiger charge is -2.19. The predicted molar refractivity (Wildman–Crippen MR) is 94.8 cm³/mol. The highest BCUT2D eigenvalue weighted by Crippen LogP contribution is 2.26. The largest absolute Gasteiger partial charge is 0.504 e. The average Bonchev–Trinajstić information content (AvgIpc) is 2.54. The Balaban J connectivity index is 1.93. The lowest BCUT2D eigenvalue weighted by molar-refractivity contribution is 0.206. The Morgan fingerprint density at radius 1 is 1.25 bits per heavy atom. The van der Waals surface area contributed by atoms with Crippen molar-refractivity contribution in [1.29, 1.82) is 0 Å². The van der Waals surface area contributed by atoms with Gasteiger partial charge in [0.1, 0.15) is 0 Å². The first-order valence-corrected chi connectivity index (χ1v) is 7.95. The van der Waals surface area contributed by atoms with E-state index in [2.05, 4.69) is 5.32 Å². The zero-order chi connectivity index (χ0) is 17.7. The number of phenolic OH excluding ortho intramolecular Hbond substituents is 1. The molecule has 0 atom stereocenters. The van der Waals surface area contributed by atoms with Crippen LogP contribution in [0.3, 0.4) is 0 Å². The van der Waals surface area contributed by atoms with Crippen LogP contribution < -0.4 is 10.1 Å². The first kappa shape index (κ1) is 18.2. The van der Waals surface area contributed by atoms with Crippen molar-refractivity contribution < 1.29 is 14.6 Å². The van der Waals surface area contributed by atoms with Crippen molar-refractivity contribution in [2.45, 2.75) is 13.1 Å². The summed E-state index contributed by atoms with van der Waals surface area (Å²) in [6.07, 6.45) is 0. The molecule has 24 heavy (non-hydrogen) atoms. The normalized spacial score (nSPS) is 10.3. The van der Waals surface area contributed by atoms with E-state index in [0.717, 1.165) is 11.1 Å². The fourth-order valence-electron chi connectivity index (χ4n) is 2.15. The van der Waals surface area contributed by atoms with Crippen molar-refractivity contribution in [3.63, 3.8) is 0 Å². The van der Waals surface area contributed by atoms with E-state index in [-0.39, 0.29) is 11.8 Å². The van der Waals surface area contributed by atoms with Crippen LogP contribution >= 0.6 is 23.2 Å². The number of nitrogens with one attached hydrogen (secondary N) is 1. The zero-order valence-electron chi connectivity index (χ0n) is 13.3. The van der Waals surface area contributed by atoms with Gasteiger partial charge in [0, 0.05) is 30.2 Å². The molecule has 0 saturated carbocycles. The molecule has 0 aliphatic carbocycles. The number of ether oxygens (including phenoxy) is 1. The third-order valence-electron chi connectivity index (χ3n) is 3.45. The van der Waals surface area contributed by atoms with Gasteiger partial charge in [-0.05, 0) is 35.4 Å². The maximum atomic E-state index is 12.2. The van der Waals surface area contributed by atoms with Crippen molar-refractivity contribution in [3.8, 4) is 11.5 Å². The number of hydrogen-bond donors (Lipinski definition) is 2. The minimum atomic E-state index is -0.253. The van der Waals surface area contributed by atoms with E-state index in [9.17, 15) is 9.90 Å². The molecule has 0 aliphatic heterocycles. The Bertz CT molecular complexity index is 738. The summed E-state index contributed by atoms with van der Waals surface area (Å²) in [5, 5.41) is 13.6. The highest BCUT2D eigenvalue weighted by atomic mass is 35.5. The summed E-state index contributed by atoms with van der Waals surface area (Å²) in [6, 6.07) is 9.89. The van der Waals surface area contributed by atoms with Crippen LogP contribution in [0.25, 0.3) is 0 Å². The molecule has 0 radical (unpaired) electrons. The van der Waals surface area contributed by atoms with Crippen LogP contribution in [0.5, 0.6) is 11.5 Å². The van der Waals surface area contributed by atoms with Gasteiger partial charge in [0.2, 0.25) is 0 Å². The Kier molecular flexibility index (Phi) is 6.17. The highest BCUT2D eigenvalue weighted by Gasteiger charge is 2.11. The van der Waals surface area contributed by atoms with Crippen molar-refractivity contribution in [1.82, 2.24) is 10.2 Å². The third kappa shape index (κ3) is 4.69. The van der Waals surface area contributed by atoms with Gasteiger partial charge in [-0.15, -0.1) is 0 Å². The number of benzene rings is 2. The first-order chi connectivity index (χ1) is 11.4. The van der Waals surface area contributed by atoms with E-state index >= 15 is 0 Å². The van der Waals surface area contributed by atoms with Gasteiger partial charge in [-0.1, -0.05) is 35.3 Å². The second kappa shape index (κ2) is 8.13. The number of carbonyl (C=O) groups is 1. The summed E-state index contributed by atoms with van der Waals surface area (Å²) in [5.74, 6) is 0.431. The Morgan fingerprint density at radius 2 is 2.00 bits per heavy atom. The molecule has 0 spiro atoms. The molecule has 5 nitrogen and oxygen atoms in total. The van der Waals surface area contributed by atoms with Crippen LogP contribution in [0.2, 0.25) is 10.0 Å². The van der Waals surface area contributed by atoms with Gasteiger partial charge in [-0.25, -0.2) is 4.79 Å². The summed E-state index contributed by atoms with van der Waals surface area (Å²) in [5.41, 5.74) is 1.57. The van der Waals surface area contributed by atoms with Crippen molar-refractivity contribution in [2.24, 2.45) is 0 Å². The van der Waals surface area contributed by atoms with Gasteiger partial charge in [-0.3, -0.25) is 0 Å². The fourth-order valence-corrected chi connectivity index (χ4v) is 2.63. The molecular formula is C17H18Cl2N2O3. The van der Waals surface area contributed by atoms with E-state index in [1.807, 2.05) is 0 Å². The molecule has 0 heterocycles. The molecule has 2 N–H and O–H groups in total. The first-order valence-electron chi connectivity index (χ1n) is 7.19. The van der Waals surface area contributed by atoms with Crippen molar-refractivity contribution >= 4 is 29.2 Å². The molecule has 7 heteroatoms. The monoisotopic (exact) mass is 368 g/mol. The van der Waals surface area contributed by atoms with Crippen LogP contribution in [-0.2, 0) is 13.1 Å². The molecule has 0 fully saturated rings. The molecule has 0 saturated heterocycles. The molecule has 128 valence electrons. The van der Waals surface area contributed by atoms with Gasteiger partial charge in [0.05, 0.1) is 7.11 Å². The molecule has 2 aromatic rings. The van der Waals surface area contributed by atoms with Gasteiger partial charge in [0.25, 0.3) is 0 Å². The molecule has 2 rings (SSSR count). The minimum Gasteiger partial charge on any atom is -0.504 e. The number of rotatable bonds is 5. The number of urea groups is 1. The maximum absolute atomic E-state index is 12.2. The van der Waals surface area contributed by atoms with Crippen molar-refractivity contribution in [2.75, 3.05) is 14.2 Å². The number of phenols is 1. The molecule has 0 aliphatic rings. The number of nitrogens with zero attached hydrogens (tertiary/aromatic N) is 1. The van der Waals surface area contributed by atoms with Gasteiger partial charge in [-0.2, -0.15) is 0 Å². The Labute approximate surface area is 150 Å². The van der Waals surface area contributed by atoms with E-state index < -0.39 is 0 Å². The number of aromatic hydroxyl groups is 1. The van der Waals surface area contributed by atoms with Crippen molar-refractivity contribution in [3.05, 3.63) is 57.6 Å². The second-order valence-electron chi connectivity index (χ2n) is 5.26. The number of amides is 2. The van der Waals surface area contributed by atoms with Crippen LogP contribution in [0.15, 0.2) is 36.4 Å². The molecule has 2 amide bonds. The van der Waals surface area contributed by atoms with Gasteiger partial charge < -0.3 is 20.1 Å². The molecule has 0 bridgehead atoms. The van der Waals surface area contributed by atoms with E-state index in [1.54, 1.807) is 43.4 Å². The standard InChI is InChI=1S/C17H18Cl2N2O3/c1-21(10-11-3-6-16(24-2)15(22)7-11)17(23)20-9-12-4-5-13(18)8-14(12)19/h3-8,22H,9-10H2,1-2H3,(H,20,23). The lowest BCUT2D eigenvalue weighted by Crippen LogP contribution is -2.36. The summed E-state index contributed by atoms with van der Waals surface area (Å²) >= 11 is 11.9. The van der Waals surface area contributed by atoms with E-state index in [1.165, 1.54) is 12.0 Å². The predicted octanol–water partition coefficient (Wildman–Crippen LogP) is 4.05. The average molecular weight is 369 g/mol. The quantitative estimate of drug-likeness (QED) is 0.836. The number of halogens is 2. The summed E-state index contributed by atoms with van der Waals surface area (Å²) in [7, 11) is 3.15. The minimum absolute atomic E-state index is 0.0387.